The molecule has 0 aliphatic carbocycles. The SMILES string of the molecule is CCCC(CCO)CNC(=O)Cc1ccccc1O. The minimum Gasteiger partial charge on any atom is -0.508 e. The van der Waals surface area contributed by atoms with E-state index >= 15 is 0 Å². The molecule has 4 nitrogen and oxygen atoms in total. The van der Waals surface area contributed by atoms with Gasteiger partial charge in [0.05, 0.1) is 6.42 Å². The van der Waals surface area contributed by atoms with Crippen LogP contribution in [0.4, 0.5) is 0 Å². The molecule has 1 atom stereocenters. The van der Waals surface area contributed by atoms with E-state index in [0.29, 0.717) is 24.4 Å². The summed E-state index contributed by atoms with van der Waals surface area (Å²) in [5, 5.41) is 21.4. The summed E-state index contributed by atoms with van der Waals surface area (Å²) in [4.78, 5) is 11.8. The Bertz CT molecular complexity index is 387. The number of hydrogen-bond donors (Lipinski definition) is 3. The molecule has 1 rings (SSSR count). The Morgan fingerprint density at radius 1 is 1.32 bits per heavy atom. The quantitative estimate of drug-likeness (QED) is 0.672. The van der Waals surface area contributed by atoms with Crippen molar-refractivity contribution < 1.29 is 15.0 Å². The molecule has 0 aromatic heterocycles. The van der Waals surface area contributed by atoms with Gasteiger partial charge in [-0.2, -0.15) is 0 Å². The van der Waals surface area contributed by atoms with Crippen LogP contribution in [0.25, 0.3) is 0 Å². The number of carbonyl (C=O) groups excluding carboxylic acids is 1. The Kier molecular flexibility index (Phi) is 6.97. The topological polar surface area (TPSA) is 69.6 Å². The zero-order valence-electron chi connectivity index (χ0n) is 11.4. The van der Waals surface area contributed by atoms with Crippen molar-refractivity contribution in [3.63, 3.8) is 0 Å². The molecule has 0 bridgehead atoms. The summed E-state index contributed by atoms with van der Waals surface area (Å²) in [7, 11) is 0. The van der Waals surface area contributed by atoms with Gasteiger partial charge in [0.1, 0.15) is 5.75 Å². The van der Waals surface area contributed by atoms with Gasteiger partial charge in [-0.05, 0) is 24.8 Å². The minimum absolute atomic E-state index is 0.0967. The highest BCUT2D eigenvalue weighted by molar-refractivity contribution is 5.79. The van der Waals surface area contributed by atoms with E-state index in [9.17, 15) is 9.90 Å². The Morgan fingerprint density at radius 3 is 2.68 bits per heavy atom. The zero-order valence-corrected chi connectivity index (χ0v) is 11.4. The van der Waals surface area contributed by atoms with Crippen LogP contribution in [0.2, 0.25) is 0 Å². The maximum atomic E-state index is 11.8. The summed E-state index contributed by atoms with van der Waals surface area (Å²) in [6, 6.07) is 6.85. The van der Waals surface area contributed by atoms with Crippen LogP contribution in [0.15, 0.2) is 24.3 Å². The largest absolute Gasteiger partial charge is 0.508 e. The lowest BCUT2D eigenvalue weighted by Gasteiger charge is -2.15. The smallest absolute Gasteiger partial charge is 0.224 e. The number of hydrogen-bond acceptors (Lipinski definition) is 3. The minimum atomic E-state index is -0.0967. The molecule has 19 heavy (non-hydrogen) atoms. The molecule has 0 heterocycles. The van der Waals surface area contributed by atoms with Crippen molar-refractivity contribution in [3.8, 4) is 5.75 Å². The highest BCUT2D eigenvalue weighted by Crippen LogP contribution is 2.16. The predicted molar refractivity (Wildman–Crippen MR) is 74.9 cm³/mol. The third kappa shape index (κ3) is 5.75. The van der Waals surface area contributed by atoms with Crippen molar-refractivity contribution >= 4 is 5.91 Å². The van der Waals surface area contributed by atoms with Gasteiger partial charge in [-0.1, -0.05) is 31.5 Å². The molecule has 1 aromatic carbocycles. The van der Waals surface area contributed by atoms with E-state index in [1.165, 1.54) is 0 Å². The number of para-hydroxylation sites is 1. The Hall–Kier alpha value is -1.55. The Balaban J connectivity index is 2.40. The van der Waals surface area contributed by atoms with Crippen LogP contribution in [-0.4, -0.2) is 29.3 Å². The molecule has 3 N–H and O–H groups in total. The number of benzene rings is 1. The molecule has 4 heteroatoms. The first-order valence-corrected chi connectivity index (χ1v) is 6.81. The van der Waals surface area contributed by atoms with Crippen LogP contribution in [0, 0.1) is 5.92 Å². The van der Waals surface area contributed by atoms with Crippen LogP contribution >= 0.6 is 0 Å². The van der Waals surface area contributed by atoms with E-state index < -0.39 is 0 Å². The van der Waals surface area contributed by atoms with Gasteiger partial charge in [-0.3, -0.25) is 4.79 Å². The fourth-order valence-electron chi connectivity index (χ4n) is 2.09. The monoisotopic (exact) mass is 265 g/mol. The van der Waals surface area contributed by atoms with Crippen LogP contribution < -0.4 is 5.32 Å². The van der Waals surface area contributed by atoms with Gasteiger partial charge in [-0.25, -0.2) is 0 Å². The van der Waals surface area contributed by atoms with E-state index in [0.717, 1.165) is 12.8 Å². The third-order valence-electron chi connectivity index (χ3n) is 3.16. The summed E-state index contributed by atoms with van der Waals surface area (Å²) >= 11 is 0. The van der Waals surface area contributed by atoms with Crippen LogP contribution in [-0.2, 0) is 11.2 Å². The van der Waals surface area contributed by atoms with Crippen molar-refractivity contribution in [2.24, 2.45) is 5.92 Å². The normalized spacial score (nSPS) is 12.1. The average Bonchev–Trinajstić information content (AvgIpc) is 2.39. The molecule has 0 saturated carbocycles. The second-order valence-electron chi connectivity index (χ2n) is 4.78. The second kappa shape index (κ2) is 8.53. The van der Waals surface area contributed by atoms with Gasteiger partial charge in [0.15, 0.2) is 0 Å². The van der Waals surface area contributed by atoms with E-state index in [2.05, 4.69) is 12.2 Å². The zero-order chi connectivity index (χ0) is 14.1. The van der Waals surface area contributed by atoms with Crippen molar-refractivity contribution in [2.45, 2.75) is 32.6 Å². The lowest BCUT2D eigenvalue weighted by atomic mass is 10.00. The second-order valence-corrected chi connectivity index (χ2v) is 4.78. The van der Waals surface area contributed by atoms with Gasteiger partial charge in [0.2, 0.25) is 5.91 Å². The molecule has 0 spiro atoms. The summed E-state index contributed by atoms with van der Waals surface area (Å²) in [5.41, 5.74) is 0.634. The number of aliphatic hydroxyl groups excluding tert-OH is 1. The van der Waals surface area contributed by atoms with Crippen molar-refractivity contribution in [1.82, 2.24) is 5.32 Å². The van der Waals surface area contributed by atoms with Crippen LogP contribution in [0.5, 0.6) is 5.75 Å². The van der Waals surface area contributed by atoms with Crippen LogP contribution in [0.3, 0.4) is 0 Å². The standard InChI is InChI=1S/C15H23NO3/c1-2-5-12(8-9-17)11-16-15(19)10-13-6-3-4-7-14(13)18/h3-4,6-7,12,17-18H,2,5,8-11H2,1H3,(H,16,19). The number of amides is 1. The van der Waals surface area contributed by atoms with Crippen molar-refractivity contribution in [2.75, 3.05) is 13.2 Å². The lowest BCUT2D eigenvalue weighted by molar-refractivity contribution is -0.120. The van der Waals surface area contributed by atoms with Crippen molar-refractivity contribution in [3.05, 3.63) is 29.8 Å². The lowest BCUT2D eigenvalue weighted by Crippen LogP contribution is -2.31. The number of aliphatic hydroxyl groups is 1. The molecule has 0 saturated heterocycles. The number of aromatic hydroxyl groups is 1. The Labute approximate surface area is 114 Å². The first kappa shape index (κ1) is 15.5. The maximum Gasteiger partial charge on any atom is 0.224 e. The first-order chi connectivity index (χ1) is 9.17. The highest BCUT2D eigenvalue weighted by Gasteiger charge is 2.11. The molecular weight excluding hydrogens is 242 g/mol. The molecule has 1 aromatic rings. The van der Waals surface area contributed by atoms with Gasteiger partial charge in [0.25, 0.3) is 0 Å². The van der Waals surface area contributed by atoms with Crippen LogP contribution in [0.1, 0.15) is 31.7 Å². The summed E-state index contributed by atoms with van der Waals surface area (Å²) < 4.78 is 0. The van der Waals surface area contributed by atoms with E-state index in [-0.39, 0.29) is 24.7 Å². The molecule has 0 aliphatic rings. The van der Waals surface area contributed by atoms with Crippen molar-refractivity contribution in [1.29, 1.82) is 0 Å². The highest BCUT2D eigenvalue weighted by atomic mass is 16.3. The summed E-state index contributed by atoms with van der Waals surface area (Å²) in [6.45, 7) is 2.83. The molecule has 106 valence electrons. The molecule has 0 fully saturated rings. The molecule has 1 unspecified atom stereocenters. The summed E-state index contributed by atoms with van der Waals surface area (Å²) in [5.74, 6) is 0.377. The average molecular weight is 265 g/mol. The van der Waals surface area contributed by atoms with E-state index in [4.69, 9.17) is 5.11 Å². The van der Waals surface area contributed by atoms with Gasteiger partial charge in [0, 0.05) is 18.7 Å². The van der Waals surface area contributed by atoms with E-state index in [1.807, 2.05) is 0 Å². The molecular formula is C15H23NO3. The first-order valence-electron chi connectivity index (χ1n) is 6.81. The van der Waals surface area contributed by atoms with Gasteiger partial charge < -0.3 is 15.5 Å². The fourth-order valence-corrected chi connectivity index (χ4v) is 2.09. The maximum absolute atomic E-state index is 11.8. The number of nitrogens with one attached hydrogen (secondary N) is 1. The van der Waals surface area contributed by atoms with E-state index in [1.54, 1.807) is 24.3 Å². The Morgan fingerprint density at radius 2 is 2.05 bits per heavy atom. The third-order valence-corrected chi connectivity index (χ3v) is 3.16. The fraction of sp³-hybridized carbons (Fsp3) is 0.533. The van der Waals surface area contributed by atoms with Gasteiger partial charge >= 0.3 is 0 Å². The number of phenolic OH excluding ortho intramolecular Hbond substituents is 1. The number of rotatable bonds is 8. The number of carbonyl (C=O) groups is 1. The number of phenols is 1. The molecule has 1 amide bonds. The predicted octanol–water partition coefficient (Wildman–Crippen LogP) is 1.85. The molecule has 0 aliphatic heterocycles. The summed E-state index contributed by atoms with van der Waals surface area (Å²) in [6.07, 6.45) is 2.94. The molecule has 0 radical (unpaired) electrons. The van der Waals surface area contributed by atoms with Gasteiger partial charge in [-0.15, -0.1) is 0 Å².